The third-order valence-corrected chi connectivity index (χ3v) is 3.31. The lowest BCUT2D eigenvalue weighted by Crippen LogP contribution is -2.32. The highest BCUT2D eigenvalue weighted by Crippen LogP contribution is 2.18. The van der Waals surface area contributed by atoms with Crippen LogP contribution in [0.5, 0.6) is 0 Å². The van der Waals surface area contributed by atoms with Crippen molar-refractivity contribution in [2.75, 3.05) is 24.5 Å². The van der Waals surface area contributed by atoms with E-state index in [1.54, 1.807) is 12.5 Å². The third-order valence-electron chi connectivity index (χ3n) is 3.31. The maximum atomic E-state index is 5.05. The van der Waals surface area contributed by atoms with Gasteiger partial charge in [0.05, 0.1) is 12.5 Å². The van der Waals surface area contributed by atoms with Gasteiger partial charge in [-0.1, -0.05) is 18.2 Å². The van der Waals surface area contributed by atoms with Crippen LogP contribution < -0.4 is 10.2 Å². The molecule has 0 amide bonds. The Kier molecular flexibility index (Phi) is 5.04. The summed E-state index contributed by atoms with van der Waals surface area (Å²) in [5, 5.41) is 3.44. The zero-order valence-electron chi connectivity index (χ0n) is 11.7. The number of rotatable bonds is 7. The minimum atomic E-state index is 0.863. The Bertz CT molecular complexity index is 479. The highest BCUT2D eigenvalue weighted by Gasteiger charge is 2.05. The standard InChI is InChI=1S/C16H22N2O/c1-3-18(16-7-5-4-6-14(16)2)10-9-17-12-15-8-11-19-13-15/h4-8,11,13,17H,3,9-10,12H2,1-2H3. The first-order valence-corrected chi connectivity index (χ1v) is 6.83. The number of aryl methyl sites for hydroxylation is 1. The summed E-state index contributed by atoms with van der Waals surface area (Å²) < 4.78 is 5.05. The number of nitrogens with one attached hydrogen (secondary N) is 1. The van der Waals surface area contributed by atoms with Crippen molar-refractivity contribution in [3.05, 3.63) is 54.0 Å². The number of benzene rings is 1. The smallest absolute Gasteiger partial charge is 0.0947 e. The van der Waals surface area contributed by atoms with E-state index in [9.17, 15) is 0 Å². The Morgan fingerprint density at radius 2 is 2.05 bits per heavy atom. The van der Waals surface area contributed by atoms with E-state index in [1.165, 1.54) is 16.8 Å². The Balaban J connectivity index is 1.81. The molecule has 0 aliphatic carbocycles. The van der Waals surface area contributed by atoms with Gasteiger partial charge in [-0.05, 0) is 31.5 Å². The Morgan fingerprint density at radius 3 is 2.74 bits per heavy atom. The predicted molar refractivity (Wildman–Crippen MR) is 79.5 cm³/mol. The first-order chi connectivity index (χ1) is 9.31. The summed E-state index contributed by atoms with van der Waals surface area (Å²) in [6, 6.07) is 10.5. The SMILES string of the molecule is CCN(CCNCc1ccoc1)c1ccccc1C. The Morgan fingerprint density at radius 1 is 1.21 bits per heavy atom. The summed E-state index contributed by atoms with van der Waals surface area (Å²) in [4.78, 5) is 2.40. The van der Waals surface area contributed by atoms with Gasteiger partial charge in [-0.2, -0.15) is 0 Å². The third kappa shape index (κ3) is 3.86. The van der Waals surface area contributed by atoms with Crippen LogP contribution >= 0.6 is 0 Å². The molecule has 1 aromatic heterocycles. The monoisotopic (exact) mass is 258 g/mol. The van der Waals surface area contributed by atoms with Crippen molar-refractivity contribution in [2.24, 2.45) is 0 Å². The molecule has 1 aromatic carbocycles. The number of anilines is 1. The van der Waals surface area contributed by atoms with Gasteiger partial charge in [-0.15, -0.1) is 0 Å². The maximum Gasteiger partial charge on any atom is 0.0947 e. The first-order valence-electron chi connectivity index (χ1n) is 6.83. The zero-order chi connectivity index (χ0) is 13.5. The topological polar surface area (TPSA) is 28.4 Å². The van der Waals surface area contributed by atoms with Gasteiger partial charge in [-0.3, -0.25) is 0 Å². The van der Waals surface area contributed by atoms with Crippen LogP contribution in [-0.2, 0) is 6.54 Å². The van der Waals surface area contributed by atoms with E-state index in [0.29, 0.717) is 0 Å². The average Bonchev–Trinajstić information content (AvgIpc) is 2.93. The molecule has 0 bridgehead atoms. The summed E-state index contributed by atoms with van der Waals surface area (Å²) in [5.41, 5.74) is 3.85. The lowest BCUT2D eigenvalue weighted by Gasteiger charge is -2.25. The van der Waals surface area contributed by atoms with E-state index in [0.717, 1.165) is 26.2 Å². The molecule has 0 saturated heterocycles. The molecule has 0 radical (unpaired) electrons. The van der Waals surface area contributed by atoms with Crippen molar-refractivity contribution >= 4 is 5.69 Å². The van der Waals surface area contributed by atoms with Crippen LogP contribution in [0.25, 0.3) is 0 Å². The summed E-state index contributed by atoms with van der Waals surface area (Å²) in [6.45, 7) is 8.23. The number of likely N-dealkylation sites (N-methyl/N-ethyl adjacent to an activating group) is 1. The number of hydrogen-bond acceptors (Lipinski definition) is 3. The van der Waals surface area contributed by atoms with E-state index >= 15 is 0 Å². The molecule has 0 unspecified atom stereocenters. The molecule has 102 valence electrons. The molecule has 19 heavy (non-hydrogen) atoms. The van der Waals surface area contributed by atoms with Crippen LogP contribution in [0.15, 0.2) is 47.3 Å². The zero-order valence-corrected chi connectivity index (χ0v) is 11.7. The second-order valence-electron chi connectivity index (χ2n) is 4.67. The second-order valence-corrected chi connectivity index (χ2v) is 4.67. The molecule has 2 rings (SSSR count). The van der Waals surface area contributed by atoms with Gasteiger partial charge in [0.2, 0.25) is 0 Å². The molecular weight excluding hydrogens is 236 g/mol. The van der Waals surface area contributed by atoms with Crippen LogP contribution in [0, 0.1) is 6.92 Å². The van der Waals surface area contributed by atoms with Crippen LogP contribution in [0.3, 0.4) is 0 Å². The molecule has 1 heterocycles. The van der Waals surface area contributed by atoms with Crippen molar-refractivity contribution in [3.63, 3.8) is 0 Å². The van der Waals surface area contributed by atoms with Crippen molar-refractivity contribution < 1.29 is 4.42 Å². The number of para-hydroxylation sites is 1. The van der Waals surface area contributed by atoms with Crippen LogP contribution in [0.2, 0.25) is 0 Å². The summed E-state index contributed by atoms with van der Waals surface area (Å²) in [5.74, 6) is 0. The lowest BCUT2D eigenvalue weighted by molar-refractivity contribution is 0.560. The first kappa shape index (κ1) is 13.7. The van der Waals surface area contributed by atoms with Gasteiger partial charge in [0, 0.05) is 37.4 Å². The van der Waals surface area contributed by atoms with Gasteiger partial charge in [-0.25, -0.2) is 0 Å². The number of hydrogen-bond donors (Lipinski definition) is 1. The predicted octanol–water partition coefficient (Wildman–Crippen LogP) is 3.20. The molecule has 3 heteroatoms. The van der Waals surface area contributed by atoms with Gasteiger partial charge < -0.3 is 14.6 Å². The molecule has 0 aliphatic rings. The van der Waals surface area contributed by atoms with Gasteiger partial charge >= 0.3 is 0 Å². The van der Waals surface area contributed by atoms with Crippen molar-refractivity contribution in [1.29, 1.82) is 0 Å². The van der Waals surface area contributed by atoms with Crippen LogP contribution in [0.1, 0.15) is 18.1 Å². The number of nitrogens with zero attached hydrogens (tertiary/aromatic N) is 1. The Labute approximate surface area is 115 Å². The van der Waals surface area contributed by atoms with E-state index in [-0.39, 0.29) is 0 Å². The summed E-state index contributed by atoms with van der Waals surface area (Å²) in [7, 11) is 0. The molecular formula is C16H22N2O. The highest BCUT2D eigenvalue weighted by atomic mass is 16.3. The fourth-order valence-electron chi connectivity index (χ4n) is 2.21. The fourth-order valence-corrected chi connectivity index (χ4v) is 2.21. The molecule has 0 aliphatic heterocycles. The normalized spacial score (nSPS) is 10.6. The van der Waals surface area contributed by atoms with E-state index < -0.39 is 0 Å². The largest absolute Gasteiger partial charge is 0.472 e. The average molecular weight is 258 g/mol. The highest BCUT2D eigenvalue weighted by molar-refractivity contribution is 5.52. The molecule has 0 fully saturated rings. The minimum Gasteiger partial charge on any atom is -0.472 e. The molecule has 2 aromatic rings. The fraction of sp³-hybridized carbons (Fsp3) is 0.375. The van der Waals surface area contributed by atoms with E-state index in [4.69, 9.17) is 4.42 Å². The van der Waals surface area contributed by atoms with Gasteiger partial charge in [0.25, 0.3) is 0 Å². The molecule has 0 spiro atoms. The second kappa shape index (κ2) is 7.00. The summed E-state index contributed by atoms with van der Waals surface area (Å²) >= 11 is 0. The van der Waals surface area contributed by atoms with Crippen molar-refractivity contribution in [1.82, 2.24) is 5.32 Å². The van der Waals surface area contributed by atoms with Crippen LogP contribution in [-0.4, -0.2) is 19.6 Å². The summed E-state index contributed by atoms with van der Waals surface area (Å²) in [6.07, 6.45) is 3.49. The lowest BCUT2D eigenvalue weighted by atomic mass is 10.2. The van der Waals surface area contributed by atoms with Crippen molar-refractivity contribution in [3.8, 4) is 0 Å². The molecule has 0 saturated carbocycles. The van der Waals surface area contributed by atoms with Gasteiger partial charge in [0.15, 0.2) is 0 Å². The minimum absolute atomic E-state index is 0.863. The quantitative estimate of drug-likeness (QED) is 0.773. The van der Waals surface area contributed by atoms with Crippen LogP contribution in [0.4, 0.5) is 5.69 Å². The maximum absolute atomic E-state index is 5.05. The number of furan rings is 1. The van der Waals surface area contributed by atoms with Gasteiger partial charge in [0.1, 0.15) is 0 Å². The Hall–Kier alpha value is -1.74. The molecule has 0 atom stereocenters. The van der Waals surface area contributed by atoms with Crippen molar-refractivity contribution in [2.45, 2.75) is 20.4 Å². The molecule has 1 N–H and O–H groups in total. The molecule has 3 nitrogen and oxygen atoms in total. The van der Waals surface area contributed by atoms with E-state index in [1.807, 2.05) is 6.07 Å². The van der Waals surface area contributed by atoms with E-state index in [2.05, 4.69) is 48.3 Å².